The van der Waals surface area contributed by atoms with Gasteiger partial charge in [-0.3, -0.25) is 0 Å². The van der Waals surface area contributed by atoms with Gasteiger partial charge in [-0.15, -0.1) is 0 Å². The summed E-state index contributed by atoms with van der Waals surface area (Å²) in [6, 6.07) is 28.1. The highest BCUT2D eigenvalue weighted by Gasteiger charge is 2.23. The number of benzene rings is 3. The van der Waals surface area contributed by atoms with Crippen molar-refractivity contribution in [3.63, 3.8) is 0 Å². The lowest BCUT2D eigenvalue weighted by atomic mass is 10.1. The van der Waals surface area contributed by atoms with Crippen LogP contribution in [0.3, 0.4) is 0 Å². The van der Waals surface area contributed by atoms with Gasteiger partial charge in [-0.25, -0.2) is 0 Å². The molecule has 0 radical (unpaired) electrons. The van der Waals surface area contributed by atoms with Crippen molar-refractivity contribution in [3.8, 4) is 0 Å². The van der Waals surface area contributed by atoms with Gasteiger partial charge in [-0.05, 0) is 55.1 Å². The van der Waals surface area contributed by atoms with Crippen LogP contribution in [0.1, 0.15) is 29.7 Å². The second-order valence-corrected chi connectivity index (χ2v) is 7.64. The van der Waals surface area contributed by atoms with Crippen molar-refractivity contribution in [1.82, 2.24) is 0 Å². The Morgan fingerprint density at radius 1 is 0.926 bits per heavy atom. The minimum absolute atomic E-state index is 0.458. The van der Waals surface area contributed by atoms with Crippen molar-refractivity contribution in [2.24, 2.45) is 5.73 Å². The maximum atomic E-state index is 5.41. The lowest BCUT2D eigenvalue weighted by Gasteiger charge is -2.27. The van der Waals surface area contributed by atoms with Crippen LogP contribution in [-0.4, -0.2) is 13.1 Å². The largest absolute Gasteiger partial charge is 0.364 e. The van der Waals surface area contributed by atoms with Gasteiger partial charge in [0.2, 0.25) is 0 Å². The van der Waals surface area contributed by atoms with Crippen LogP contribution >= 0.6 is 15.9 Å². The average Bonchev–Trinajstić information content (AvgIpc) is 3.15. The minimum atomic E-state index is 0.458. The summed E-state index contributed by atoms with van der Waals surface area (Å²) in [6.45, 7) is 4.13. The fraction of sp³-hybridized carbons (Fsp3) is 0.250. The quantitative estimate of drug-likeness (QED) is 0.578. The number of para-hydroxylation sites is 1. The van der Waals surface area contributed by atoms with Crippen molar-refractivity contribution in [3.05, 3.63) is 100 Å². The van der Waals surface area contributed by atoms with Crippen molar-refractivity contribution >= 4 is 21.6 Å². The summed E-state index contributed by atoms with van der Waals surface area (Å²) in [7, 11) is 0. The third kappa shape index (κ3) is 5.00. The molecule has 0 aliphatic carbocycles. The molecule has 1 aliphatic heterocycles. The van der Waals surface area contributed by atoms with E-state index in [9.17, 15) is 0 Å². The molecule has 0 fully saturated rings. The van der Waals surface area contributed by atoms with Crippen LogP contribution in [-0.2, 0) is 12.8 Å². The van der Waals surface area contributed by atoms with Crippen molar-refractivity contribution in [1.29, 1.82) is 0 Å². The van der Waals surface area contributed by atoms with E-state index < -0.39 is 0 Å². The molecule has 2 nitrogen and oxygen atoms in total. The Morgan fingerprint density at radius 2 is 1.59 bits per heavy atom. The molecule has 0 spiro atoms. The number of anilines is 1. The van der Waals surface area contributed by atoms with Crippen LogP contribution in [0, 0.1) is 0 Å². The molecule has 3 aromatic rings. The topological polar surface area (TPSA) is 29.3 Å². The van der Waals surface area contributed by atoms with Crippen molar-refractivity contribution in [2.45, 2.75) is 25.8 Å². The van der Waals surface area contributed by atoms with E-state index in [-0.39, 0.29) is 0 Å². The fourth-order valence-electron chi connectivity index (χ4n) is 3.53. The van der Waals surface area contributed by atoms with Crippen LogP contribution < -0.4 is 10.6 Å². The summed E-state index contributed by atoms with van der Waals surface area (Å²) in [6.07, 6.45) is 2.12. The fourth-order valence-corrected chi connectivity index (χ4v) is 4.02. The second kappa shape index (κ2) is 9.72. The highest BCUT2D eigenvalue weighted by Crippen LogP contribution is 2.34. The predicted octanol–water partition coefficient (Wildman–Crippen LogP) is 5.76. The summed E-state index contributed by atoms with van der Waals surface area (Å²) in [5, 5.41) is 0. The van der Waals surface area contributed by atoms with E-state index in [1.807, 2.05) is 18.2 Å². The van der Waals surface area contributed by atoms with Gasteiger partial charge in [-0.1, -0.05) is 82.7 Å². The number of hydrogen-bond donors (Lipinski definition) is 1. The van der Waals surface area contributed by atoms with Crippen LogP contribution in [0.25, 0.3) is 0 Å². The van der Waals surface area contributed by atoms with Crippen LogP contribution in [0.2, 0.25) is 0 Å². The molecule has 4 rings (SSSR count). The number of fused-ring (bicyclic) bond motifs is 1. The third-order valence-corrected chi connectivity index (χ3v) is 5.82. The zero-order valence-corrected chi connectivity index (χ0v) is 17.4. The zero-order valence-electron chi connectivity index (χ0n) is 15.8. The normalized spacial score (nSPS) is 13.5. The van der Waals surface area contributed by atoms with Gasteiger partial charge in [0.25, 0.3) is 0 Å². The summed E-state index contributed by atoms with van der Waals surface area (Å²) < 4.78 is 1.15. The summed E-state index contributed by atoms with van der Waals surface area (Å²) in [4.78, 5) is 2.50. The molecule has 140 valence electrons. The first-order valence-corrected chi connectivity index (χ1v) is 10.3. The van der Waals surface area contributed by atoms with Crippen molar-refractivity contribution < 1.29 is 0 Å². The van der Waals surface area contributed by atoms with Gasteiger partial charge >= 0.3 is 0 Å². The van der Waals surface area contributed by atoms with Crippen LogP contribution in [0.5, 0.6) is 0 Å². The van der Waals surface area contributed by atoms with Gasteiger partial charge < -0.3 is 10.6 Å². The van der Waals surface area contributed by atoms with Crippen LogP contribution in [0.15, 0.2) is 83.3 Å². The number of nitrogens with zero attached hydrogens (tertiary/aromatic N) is 1. The first kappa shape index (κ1) is 19.7. The summed E-state index contributed by atoms with van der Waals surface area (Å²) in [5.74, 6) is 0. The van der Waals surface area contributed by atoms with E-state index >= 15 is 0 Å². The number of nitrogens with two attached hydrogens (primary N) is 1. The van der Waals surface area contributed by atoms with Crippen molar-refractivity contribution in [2.75, 3.05) is 18.0 Å². The lowest BCUT2D eigenvalue weighted by molar-refractivity contribution is 0.697. The van der Waals surface area contributed by atoms with Gasteiger partial charge in [0.05, 0.1) is 6.04 Å². The molecule has 0 bridgehead atoms. The Morgan fingerprint density at radius 3 is 2.33 bits per heavy atom. The Kier molecular flexibility index (Phi) is 7.08. The molecule has 1 aliphatic rings. The zero-order chi connectivity index (χ0) is 19.1. The molecule has 0 amide bonds. The molecule has 0 saturated heterocycles. The number of rotatable bonds is 4. The highest BCUT2D eigenvalue weighted by molar-refractivity contribution is 9.10. The van der Waals surface area contributed by atoms with E-state index in [1.54, 1.807) is 0 Å². The molecular weight excluding hydrogens is 396 g/mol. The molecule has 0 saturated carbocycles. The molecular formula is C24H27BrN2. The average molecular weight is 423 g/mol. The highest BCUT2D eigenvalue weighted by atomic mass is 79.9. The Balaban J connectivity index is 0.000000180. The van der Waals surface area contributed by atoms with Gasteiger partial charge in [0.1, 0.15) is 0 Å². The lowest BCUT2D eigenvalue weighted by Crippen LogP contribution is -2.24. The molecule has 27 heavy (non-hydrogen) atoms. The first-order chi connectivity index (χ1) is 13.2. The predicted molar refractivity (Wildman–Crippen MR) is 119 cm³/mol. The number of halogens is 1. The molecule has 0 aromatic heterocycles. The molecule has 1 heterocycles. The molecule has 1 atom stereocenters. The first-order valence-electron chi connectivity index (χ1n) is 9.53. The van der Waals surface area contributed by atoms with E-state index in [4.69, 9.17) is 5.73 Å². The standard InChI is InChI=1S/C16H17N.C8H10BrN/c1-13(14-7-3-2-4-8-14)17-12-11-15-9-5-6-10-16(15)17;9-8-4-2-1-3-7(8)5-6-10/h2-10,13H,11-12H2,1H3;1-4H,5-6,10H2. The SMILES string of the molecule is CC(c1ccccc1)N1CCc2ccccc21.NCCc1ccccc1Br. The Hall–Kier alpha value is -2.10. The van der Waals surface area contributed by atoms with Crippen LogP contribution in [0.4, 0.5) is 5.69 Å². The van der Waals surface area contributed by atoms with E-state index in [1.165, 1.54) is 28.8 Å². The Labute approximate surface area is 171 Å². The summed E-state index contributed by atoms with van der Waals surface area (Å²) in [5.41, 5.74) is 11.0. The minimum Gasteiger partial charge on any atom is -0.364 e. The second-order valence-electron chi connectivity index (χ2n) is 6.79. The van der Waals surface area contributed by atoms with Gasteiger partial charge in [-0.2, -0.15) is 0 Å². The van der Waals surface area contributed by atoms with Gasteiger partial charge in [0.15, 0.2) is 0 Å². The summed E-state index contributed by atoms with van der Waals surface area (Å²) >= 11 is 3.44. The smallest absolute Gasteiger partial charge is 0.0514 e. The van der Waals surface area contributed by atoms with E-state index in [0.29, 0.717) is 12.6 Å². The maximum Gasteiger partial charge on any atom is 0.0514 e. The monoisotopic (exact) mass is 422 g/mol. The Bertz CT molecular complexity index is 848. The molecule has 3 heteroatoms. The van der Waals surface area contributed by atoms with E-state index in [0.717, 1.165) is 17.4 Å². The third-order valence-electron chi connectivity index (χ3n) is 5.04. The maximum absolute atomic E-state index is 5.41. The molecule has 2 N–H and O–H groups in total. The number of hydrogen-bond acceptors (Lipinski definition) is 2. The molecule has 1 unspecified atom stereocenters. The molecule has 3 aromatic carbocycles. The van der Waals surface area contributed by atoms with Gasteiger partial charge in [0, 0.05) is 16.7 Å². The van der Waals surface area contributed by atoms with E-state index in [2.05, 4.69) is 88.4 Å².